The second kappa shape index (κ2) is 9.12. The molecule has 2 aromatic carbocycles. The Kier molecular flexibility index (Phi) is 6.11. The van der Waals surface area contributed by atoms with Crippen LogP contribution in [-0.2, 0) is 22.5 Å². The summed E-state index contributed by atoms with van der Waals surface area (Å²) in [6.07, 6.45) is 4.96. The summed E-state index contributed by atoms with van der Waals surface area (Å²) >= 11 is 0. The first-order chi connectivity index (χ1) is 15.0. The maximum Gasteiger partial charge on any atom is 0.338 e. The highest BCUT2D eigenvalue weighted by molar-refractivity contribution is 5.97. The highest BCUT2D eigenvalue weighted by atomic mass is 16.5. The molecule has 0 bridgehead atoms. The zero-order chi connectivity index (χ0) is 21.8. The molecular formula is C24H25N3O4. The van der Waals surface area contributed by atoms with Gasteiger partial charge in [0.25, 0.3) is 11.5 Å². The van der Waals surface area contributed by atoms with Crippen LogP contribution in [0.3, 0.4) is 0 Å². The fourth-order valence-corrected chi connectivity index (χ4v) is 3.86. The first-order valence-electron chi connectivity index (χ1n) is 10.6. The van der Waals surface area contributed by atoms with Crippen LogP contribution in [0, 0.1) is 6.92 Å². The van der Waals surface area contributed by atoms with Gasteiger partial charge in [-0.05, 0) is 55.7 Å². The number of carbonyl (C=O) groups is 2. The minimum absolute atomic E-state index is 0.0700. The second-order valence-corrected chi connectivity index (χ2v) is 7.87. The van der Waals surface area contributed by atoms with Gasteiger partial charge in [0, 0.05) is 18.7 Å². The van der Waals surface area contributed by atoms with E-state index in [1.54, 1.807) is 28.8 Å². The zero-order valence-electron chi connectivity index (χ0n) is 17.5. The number of amides is 1. The quantitative estimate of drug-likeness (QED) is 0.653. The summed E-state index contributed by atoms with van der Waals surface area (Å²) < 4.78 is 6.92. The number of hydrogen-bond acceptors (Lipinski definition) is 5. The molecule has 7 nitrogen and oxygen atoms in total. The van der Waals surface area contributed by atoms with Crippen molar-refractivity contribution in [3.05, 3.63) is 69.8 Å². The summed E-state index contributed by atoms with van der Waals surface area (Å²) in [5, 5.41) is 3.18. The lowest BCUT2D eigenvalue weighted by Gasteiger charge is -2.16. The average molecular weight is 419 g/mol. The lowest BCUT2D eigenvalue weighted by atomic mass is 10.1. The van der Waals surface area contributed by atoms with Gasteiger partial charge in [0.05, 0.1) is 16.5 Å². The van der Waals surface area contributed by atoms with Gasteiger partial charge < -0.3 is 10.1 Å². The molecule has 1 N–H and O–H groups in total. The largest absolute Gasteiger partial charge is 0.452 e. The number of hydrogen-bond donors (Lipinski definition) is 1. The monoisotopic (exact) mass is 419 g/mol. The number of anilines is 1. The minimum Gasteiger partial charge on any atom is -0.452 e. The lowest BCUT2D eigenvalue weighted by molar-refractivity contribution is -0.119. The van der Waals surface area contributed by atoms with Gasteiger partial charge in [-0.3, -0.25) is 14.2 Å². The summed E-state index contributed by atoms with van der Waals surface area (Å²) in [5.41, 5.74) is 2.34. The van der Waals surface area contributed by atoms with E-state index in [9.17, 15) is 14.4 Å². The normalized spacial score (nSPS) is 13.7. The molecule has 1 aliphatic heterocycles. The third kappa shape index (κ3) is 4.82. The van der Waals surface area contributed by atoms with Crippen molar-refractivity contribution >= 4 is 28.5 Å². The Hall–Kier alpha value is -3.48. The SMILES string of the molecule is Cc1cccc(NC(=O)COC(=O)c2ccc3c(=O)n4c(nc3c2)CCCCCC4)c1. The van der Waals surface area contributed by atoms with Gasteiger partial charge in [-0.2, -0.15) is 0 Å². The number of aromatic nitrogens is 2. The van der Waals surface area contributed by atoms with Crippen molar-refractivity contribution in [2.24, 2.45) is 0 Å². The summed E-state index contributed by atoms with van der Waals surface area (Å²) in [5.74, 6) is -0.285. The van der Waals surface area contributed by atoms with E-state index < -0.39 is 18.5 Å². The second-order valence-electron chi connectivity index (χ2n) is 7.87. The third-order valence-electron chi connectivity index (χ3n) is 5.44. The number of fused-ring (bicyclic) bond motifs is 2. The lowest BCUT2D eigenvalue weighted by Crippen LogP contribution is -2.26. The molecule has 2 heterocycles. The van der Waals surface area contributed by atoms with Crippen LogP contribution in [0.2, 0.25) is 0 Å². The van der Waals surface area contributed by atoms with Gasteiger partial charge in [0.1, 0.15) is 5.82 Å². The van der Waals surface area contributed by atoms with Crippen molar-refractivity contribution in [3.8, 4) is 0 Å². The number of esters is 1. The Balaban J connectivity index is 1.48. The van der Waals surface area contributed by atoms with Gasteiger partial charge in [-0.25, -0.2) is 9.78 Å². The minimum atomic E-state index is -0.630. The standard InChI is InChI=1S/C24H25N3O4/c1-16-7-6-8-18(13-16)25-22(28)15-31-24(30)17-10-11-19-20(14-17)26-21-9-4-2-3-5-12-27(21)23(19)29/h6-8,10-11,13-14H,2-5,9,12,15H2,1H3,(H,25,28). The van der Waals surface area contributed by atoms with Gasteiger partial charge in [0.15, 0.2) is 6.61 Å². The van der Waals surface area contributed by atoms with Crippen molar-refractivity contribution in [2.45, 2.75) is 45.6 Å². The number of benzene rings is 2. The highest BCUT2D eigenvalue weighted by Gasteiger charge is 2.16. The van der Waals surface area contributed by atoms with Crippen LogP contribution in [0.15, 0.2) is 47.3 Å². The van der Waals surface area contributed by atoms with E-state index in [0.717, 1.165) is 43.5 Å². The number of carbonyl (C=O) groups excluding carboxylic acids is 2. The van der Waals surface area contributed by atoms with Gasteiger partial charge in [-0.1, -0.05) is 25.0 Å². The molecule has 0 unspecified atom stereocenters. The average Bonchev–Trinajstić information content (AvgIpc) is 2.73. The smallest absolute Gasteiger partial charge is 0.338 e. The van der Waals surface area contributed by atoms with Crippen molar-refractivity contribution in [3.63, 3.8) is 0 Å². The van der Waals surface area contributed by atoms with Gasteiger partial charge in [0.2, 0.25) is 0 Å². The summed E-state index contributed by atoms with van der Waals surface area (Å²) in [7, 11) is 0. The molecule has 31 heavy (non-hydrogen) atoms. The maximum absolute atomic E-state index is 12.9. The predicted octanol–water partition coefficient (Wildman–Crippen LogP) is 3.62. The molecule has 1 amide bonds. The van der Waals surface area contributed by atoms with Crippen molar-refractivity contribution in [2.75, 3.05) is 11.9 Å². The van der Waals surface area contributed by atoms with E-state index in [4.69, 9.17) is 4.74 Å². The number of aryl methyl sites for hydroxylation is 2. The molecule has 0 saturated carbocycles. The number of ether oxygens (including phenoxy) is 1. The van der Waals surface area contributed by atoms with E-state index >= 15 is 0 Å². The fraction of sp³-hybridized carbons (Fsp3) is 0.333. The topological polar surface area (TPSA) is 90.3 Å². The van der Waals surface area contributed by atoms with Crippen LogP contribution >= 0.6 is 0 Å². The first-order valence-corrected chi connectivity index (χ1v) is 10.6. The van der Waals surface area contributed by atoms with Crippen molar-refractivity contribution in [1.29, 1.82) is 0 Å². The molecule has 0 spiro atoms. The highest BCUT2D eigenvalue weighted by Crippen LogP contribution is 2.17. The van der Waals surface area contributed by atoms with E-state index in [0.29, 0.717) is 23.1 Å². The van der Waals surface area contributed by atoms with Crippen molar-refractivity contribution in [1.82, 2.24) is 9.55 Å². The fourth-order valence-electron chi connectivity index (χ4n) is 3.86. The number of rotatable bonds is 4. The zero-order valence-corrected chi connectivity index (χ0v) is 17.5. The summed E-state index contributed by atoms with van der Waals surface area (Å²) in [6, 6.07) is 12.1. The van der Waals surface area contributed by atoms with E-state index in [2.05, 4.69) is 10.3 Å². The third-order valence-corrected chi connectivity index (χ3v) is 5.44. The van der Waals surface area contributed by atoms with Crippen molar-refractivity contribution < 1.29 is 14.3 Å². The molecule has 0 fully saturated rings. The summed E-state index contributed by atoms with van der Waals surface area (Å²) in [6.45, 7) is 2.21. The summed E-state index contributed by atoms with van der Waals surface area (Å²) in [4.78, 5) is 42.1. The molecule has 0 atom stereocenters. The van der Waals surface area contributed by atoms with E-state index in [-0.39, 0.29) is 11.1 Å². The van der Waals surface area contributed by atoms with Crippen LogP contribution in [-0.4, -0.2) is 28.0 Å². The Morgan fingerprint density at radius 2 is 1.94 bits per heavy atom. The van der Waals surface area contributed by atoms with Gasteiger partial charge in [-0.15, -0.1) is 0 Å². The molecule has 7 heteroatoms. The molecule has 4 rings (SSSR count). The molecule has 1 aromatic heterocycles. The first kappa shape index (κ1) is 20.8. The van der Waals surface area contributed by atoms with Crippen LogP contribution in [0.5, 0.6) is 0 Å². The van der Waals surface area contributed by atoms with E-state index in [1.165, 1.54) is 0 Å². The Morgan fingerprint density at radius 1 is 1.10 bits per heavy atom. The molecule has 0 saturated heterocycles. The molecule has 3 aromatic rings. The van der Waals surface area contributed by atoms with Gasteiger partial charge >= 0.3 is 5.97 Å². The van der Waals surface area contributed by atoms with Crippen LogP contribution in [0.1, 0.15) is 47.4 Å². The predicted molar refractivity (Wildman–Crippen MR) is 118 cm³/mol. The van der Waals surface area contributed by atoms with Crippen LogP contribution in [0.25, 0.3) is 10.9 Å². The molecule has 0 aliphatic carbocycles. The van der Waals surface area contributed by atoms with E-state index in [1.807, 2.05) is 25.1 Å². The maximum atomic E-state index is 12.9. The Bertz CT molecular complexity index is 1200. The molecular weight excluding hydrogens is 394 g/mol. The van der Waals surface area contributed by atoms with Crippen LogP contribution in [0.4, 0.5) is 5.69 Å². The number of nitrogens with zero attached hydrogens (tertiary/aromatic N) is 2. The van der Waals surface area contributed by atoms with Crippen LogP contribution < -0.4 is 10.9 Å². The Morgan fingerprint density at radius 3 is 2.77 bits per heavy atom. The molecule has 1 aliphatic rings. The molecule has 160 valence electrons. The molecule has 0 radical (unpaired) electrons. The number of nitrogens with one attached hydrogen (secondary N) is 1. The Labute approximate surface area is 180 Å².